The number of nitrogens with two attached hydrogens (primary N) is 1. The normalized spacial score (nSPS) is 43.5. The predicted molar refractivity (Wildman–Crippen MR) is 73.7 cm³/mol. The van der Waals surface area contributed by atoms with E-state index in [0.29, 0.717) is 5.92 Å². The third-order valence-corrected chi connectivity index (χ3v) is 6.00. The maximum absolute atomic E-state index is 6.86. The number of hydrogen-bond acceptors (Lipinski definition) is 3. The third kappa shape index (κ3) is 1.45. The Morgan fingerprint density at radius 1 is 1.37 bits per heavy atom. The lowest BCUT2D eigenvalue weighted by molar-refractivity contribution is 0.150. The van der Waals surface area contributed by atoms with Gasteiger partial charge in [-0.25, -0.2) is 0 Å². The molecule has 0 saturated heterocycles. The van der Waals surface area contributed by atoms with E-state index in [2.05, 4.69) is 4.98 Å². The van der Waals surface area contributed by atoms with Crippen molar-refractivity contribution in [2.24, 2.45) is 29.4 Å². The van der Waals surface area contributed by atoms with Gasteiger partial charge in [-0.3, -0.25) is 4.98 Å². The largest absolute Gasteiger partial charge is 0.495 e. The van der Waals surface area contributed by atoms with Gasteiger partial charge in [-0.15, -0.1) is 0 Å². The maximum Gasteiger partial charge on any atom is 0.142 e. The molecular formula is C16H22N2O. The smallest absolute Gasteiger partial charge is 0.142 e. The van der Waals surface area contributed by atoms with Crippen molar-refractivity contribution >= 4 is 0 Å². The van der Waals surface area contributed by atoms with Gasteiger partial charge in [0, 0.05) is 6.20 Å². The molecule has 1 aromatic rings. The summed E-state index contributed by atoms with van der Waals surface area (Å²) in [6.45, 7) is 0. The van der Waals surface area contributed by atoms with Gasteiger partial charge in [-0.1, -0.05) is 6.42 Å². The number of pyridine rings is 1. The number of fused-ring (bicyclic) bond motifs is 5. The molecule has 3 aliphatic carbocycles. The van der Waals surface area contributed by atoms with Crippen LogP contribution in [0, 0.1) is 23.7 Å². The number of hydrogen-bond donors (Lipinski definition) is 1. The molecule has 0 spiro atoms. The zero-order chi connectivity index (χ0) is 13.0. The summed E-state index contributed by atoms with van der Waals surface area (Å²) in [5.41, 5.74) is 7.60. The van der Waals surface area contributed by atoms with Gasteiger partial charge in [0.2, 0.25) is 0 Å². The topological polar surface area (TPSA) is 48.1 Å². The number of methoxy groups -OCH3 is 1. The monoisotopic (exact) mass is 258 g/mol. The summed E-state index contributed by atoms with van der Waals surface area (Å²) in [6, 6.07) is 3.92. The second-order valence-electron chi connectivity index (χ2n) is 6.66. The van der Waals surface area contributed by atoms with E-state index in [1.165, 1.54) is 25.7 Å². The SMILES string of the molecule is COc1cccnc1C1(N)CC2CC1C1CCCC21. The van der Waals surface area contributed by atoms with Crippen LogP contribution >= 0.6 is 0 Å². The van der Waals surface area contributed by atoms with E-state index in [1.807, 2.05) is 18.3 Å². The van der Waals surface area contributed by atoms with Crippen LogP contribution in [0.3, 0.4) is 0 Å². The molecule has 0 radical (unpaired) electrons. The fourth-order valence-corrected chi connectivity index (χ4v) is 5.37. The Kier molecular flexibility index (Phi) is 2.44. The molecule has 5 unspecified atom stereocenters. The summed E-state index contributed by atoms with van der Waals surface area (Å²) < 4.78 is 5.50. The molecule has 0 aliphatic heterocycles. The molecule has 3 nitrogen and oxygen atoms in total. The quantitative estimate of drug-likeness (QED) is 0.887. The van der Waals surface area contributed by atoms with E-state index in [-0.39, 0.29) is 5.54 Å². The third-order valence-electron chi connectivity index (χ3n) is 6.00. The summed E-state index contributed by atoms with van der Waals surface area (Å²) in [7, 11) is 1.72. The summed E-state index contributed by atoms with van der Waals surface area (Å²) in [5, 5.41) is 0. The maximum atomic E-state index is 6.86. The van der Waals surface area contributed by atoms with E-state index in [9.17, 15) is 0 Å². The van der Waals surface area contributed by atoms with Crippen molar-refractivity contribution in [2.45, 2.75) is 37.6 Å². The second-order valence-corrected chi connectivity index (χ2v) is 6.66. The first-order chi connectivity index (χ1) is 9.24. The highest BCUT2D eigenvalue weighted by atomic mass is 16.5. The van der Waals surface area contributed by atoms with Gasteiger partial charge < -0.3 is 10.5 Å². The number of aromatic nitrogens is 1. The molecule has 3 aliphatic rings. The van der Waals surface area contributed by atoms with Crippen LogP contribution in [-0.4, -0.2) is 12.1 Å². The standard InChI is InChI=1S/C16H22N2O/c1-19-14-6-3-7-18-15(14)16(17)9-10-8-13(16)12-5-2-4-11(10)12/h3,6-7,10-13H,2,4-5,8-9,17H2,1H3. The van der Waals surface area contributed by atoms with Gasteiger partial charge in [-0.2, -0.15) is 0 Å². The highest BCUT2D eigenvalue weighted by Crippen LogP contribution is 2.64. The zero-order valence-electron chi connectivity index (χ0n) is 11.5. The molecule has 1 heterocycles. The molecule has 102 valence electrons. The Balaban J connectivity index is 1.75. The average Bonchev–Trinajstić information content (AvgIpc) is 3.09. The van der Waals surface area contributed by atoms with Gasteiger partial charge in [0.05, 0.1) is 12.6 Å². The Bertz CT molecular complexity index is 503. The van der Waals surface area contributed by atoms with Crippen LogP contribution in [0.5, 0.6) is 5.75 Å². The van der Waals surface area contributed by atoms with Gasteiger partial charge in [0.15, 0.2) is 0 Å². The Morgan fingerprint density at radius 2 is 2.21 bits per heavy atom. The summed E-state index contributed by atoms with van der Waals surface area (Å²) in [5.74, 6) is 4.11. The van der Waals surface area contributed by atoms with E-state index in [4.69, 9.17) is 10.5 Å². The first kappa shape index (κ1) is 11.7. The molecule has 2 N–H and O–H groups in total. The van der Waals surface area contributed by atoms with Gasteiger partial charge in [0.1, 0.15) is 11.4 Å². The lowest BCUT2D eigenvalue weighted by Gasteiger charge is -2.40. The molecule has 5 atom stereocenters. The number of ether oxygens (including phenoxy) is 1. The Morgan fingerprint density at radius 3 is 3.05 bits per heavy atom. The molecular weight excluding hydrogens is 236 g/mol. The highest BCUT2D eigenvalue weighted by molar-refractivity contribution is 5.36. The number of nitrogens with zero attached hydrogens (tertiary/aromatic N) is 1. The van der Waals surface area contributed by atoms with Crippen LogP contribution in [0.25, 0.3) is 0 Å². The second kappa shape index (κ2) is 3.95. The van der Waals surface area contributed by atoms with Crippen LogP contribution < -0.4 is 10.5 Å². The Hall–Kier alpha value is -1.09. The fourth-order valence-electron chi connectivity index (χ4n) is 5.37. The fraction of sp³-hybridized carbons (Fsp3) is 0.688. The lowest BCUT2D eigenvalue weighted by Crippen LogP contribution is -2.47. The summed E-state index contributed by atoms with van der Waals surface area (Å²) in [6.07, 6.45) is 8.47. The van der Waals surface area contributed by atoms with Crippen molar-refractivity contribution in [3.8, 4) is 5.75 Å². The van der Waals surface area contributed by atoms with Crippen molar-refractivity contribution in [1.82, 2.24) is 4.98 Å². The minimum Gasteiger partial charge on any atom is -0.495 e. The molecule has 0 amide bonds. The van der Waals surface area contributed by atoms with Gasteiger partial charge in [0.25, 0.3) is 0 Å². The average molecular weight is 258 g/mol. The lowest BCUT2D eigenvalue weighted by atomic mass is 9.69. The van der Waals surface area contributed by atoms with E-state index >= 15 is 0 Å². The molecule has 4 rings (SSSR count). The van der Waals surface area contributed by atoms with E-state index < -0.39 is 0 Å². The van der Waals surface area contributed by atoms with Crippen molar-refractivity contribution < 1.29 is 4.74 Å². The van der Waals surface area contributed by atoms with Crippen molar-refractivity contribution in [2.75, 3.05) is 7.11 Å². The van der Waals surface area contributed by atoms with Crippen molar-refractivity contribution in [3.63, 3.8) is 0 Å². The van der Waals surface area contributed by atoms with Crippen molar-refractivity contribution in [3.05, 3.63) is 24.0 Å². The first-order valence-corrected chi connectivity index (χ1v) is 7.52. The van der Waals surface area contributed by atoms with Crippen LogP contribution in [-0.2, 0) is 5.54 Å². The van der Waals surface area contributed by atoms with Crippen LogP contribution in [0.15, 0.2) is 18.3 Å². The number of rotatable bonds is 2. The molecule has 3 heteroatoms. The summed E-state index contributed by atoms with van der Waals surface area (Å²) >= 11 is 0. The molecule has 1 aromatic heterocycles. The zero-order valence-corrected chi connectivity index (χ0v) is 11.5. The molecule has 3 saturated carbocycles. The van der Waals surface area contributed by atoms with Crippen LogP contribution in [0.1, 0.15) is 37.8 Å². The molecule has 0 aromatic carbocycles. The van der Waals surface area contributed by atoms with Crippen LogP contribution in [0.4, 0.5) is 0 Å². The first-order valence-electron chi connectivity index (χ1n) is 7.52. The van der Waals surface area contributed by atoms with Gasteiger partial charge in [-0.05, 0) is 61.5 Å². The molecule has 19 heavy (non-hydrogen) atoms. The minimum absolute atomic E-state index is 0.247. The Labute approximate surface area is 114 Å². The minimum atomic E-state index is -0.247. The highest BCUT2D eigenvalue weighted by Gasteiger charge is 2.61. The van der Waals surface area contributed by atoms with Crippen molar-refractivity contribution in [1.29, 1.82) is 0 Å². The van der Waals surface area contributed by atoms with E-state index in [1.54, 1.807) is 7.11 Å². The molecule has 3 fully saturated rings. The summed E-state index contributed by atoms with van der Waals surface area (Å²) in [4.78, 5) is 4.59. The predicted octanol–water partition coefficient (Wildman–Crippen LogP) is 2.70. The van der Waals surface area contributed by atoms with E-state index in [0.717, 1.165) is 35.6 Å². The molecule has 2 bridgehead atoms. The van der Waals surface area contributed by atoms with Crippen LogP contribution in [0.2, 0.25) is 0 Å². The van der Waals surface area contributed by atoms with Gasteiger partial charge >= 0.3 is 0 Å².